The number of hydrogen-bond donors (Lipinski definition) is 1. The van der Waals surface area contributed by atoms with Crippen LogP contribution in [0.2, 0.25) is 0 Å². The number of fused-ring (bicyclic) bond motifs is 1. The molecule has 0 aliphatic heterocycles. The van der Waals surface area contributed by atoms with Gasteiger partial charge in [-0.05, 0) is 37.5 Å². The summed E-state index contributed by atoms with van der Waals surface area (Å²) in [4.78, 5) is 23.5. The molecule has 2 aliphatic rings. The molecule has 2 aliphatic carbocycles. The average molecular weight is 252 g/mol. The Morgan fingerprint density at radius 1 is 1.44 bits per heavy atom. The Morgan fingerprint density at radius 3 is 2.83 bits per heavy atom. The second kappa shape index (κ2) is 5.12. The molecule has 102 valence electrons. The van der Waals surface area contributed by atoms with Crippen LogP contribution in [0.4, 0.5) is 0 Å². The SMILES string of the molecule is CCC(=O)CC[C@@H]1C(O)CCC2(C)C(=O)CCC12. The fourth-order valence-electron chi connectivity index (χ4n) is 3.94. The van der Waals surface area contributed by atoms with Crippen LogP contribution in [0.1, 0.15) is 58.8 Å². The molecule has 2 fully saturated rings. The lowest BCUT2D eigenvalue weighted by Crippen LogP contribution is -2.44. The highest BCUT2D eigenvalue weighted by atomic mass is 16.3. The van der Waals surface area contributed by atoms with Gasteiger partial charge in [0.05, 0.1) is 6.10 Å². The Balaban J connectivity index is 2.07. The Labute approximate surface area is 109 Å². The predicted octanol–water partition coefficient (Wildman–Crippen LogP) is 2.50. The van der Waals surface area contributed by atoms with E-state index in [1.165, 1.54) is 0 Å². The number of Topliss-reactive ketones (excluding diaryl/α,β-unsaturated/α-hetero) is 2. The minimum absolute atomic E-state index is 0.144. The van der Waals surface area contributed by atoms with Crippen LogP contribution >= 0.6 is 0 Å². The van der Waals surface area contributed by atoms with Crippen LogP contribution < -0.4 is 0 Å². The van der Waals surface area contributed by atoms with Crippen molar-refractivity contribution in [3.8, 4) is 0 Å². The van der Waals surface area contributed by atoms with E-state index < -0.39 is 0 Å². The van der Waals surface area contributed by atoms with Crippen molar-refractivity contribution >= 4 is 11.6 Å². The normalized spacial score (nSPS) is 39.7. The molecule has 18 heavy (non-hydrogen) atoms. The van der Waals surface area contributed by atoms with Crippen LogP contribution in [0.15, 0.2) is 0 Å². The van der Waals surface area contributed by atoms with Crippen LogP contribution in [-0.2, 0) is 9.59 Å². The van der Waals surface area contributed by atoms with Crippen molar-refractivity contribution < 1.29 is 14.7 Å². The molecule has 3 unspecified atom stereocenters. The maximum Gasteiger partial charge on any atom is 0.139 e. The van der Waals surface area contributed by atoms with Crippen LogP contribution in [0.3, 0.4) is 0 Å². The molecule has 0 saturated heterocycles. The van der Waals surface area contributed by atoms with Crippen molar-refractivity contribution in [1.29, 1.82) is 0 Å². The molecule has 0 aromatic heterocycles. The van der Waals surface area contributed by atoms with E-state index in [-0.39, 0.29) is 23.2 Å². The third kappa shape index (κ3) is 2.25. The third-order valence-corrected chi connectivity index (χ3v) is 5.26. The number of aliphatic hydroxyl groups is 1. The first-order valence-electron chi connectivity index (χ1n) is 7.22. The first-order chi connectivity index (χ1) is 8.49. The average Bonchev–Trinajstić information content (AvgIpc) is 2.65. The topological polar surface area (TPSA) is 54.4 Å². The molecule has 0 radical (unpaired) electrons. The highest BCUT2D eigenvalue weighted by Gasteiger charge is 2.53. The summed E-state index contributed by atoms with van der Waals surface area (Å²) in [5.41, 5.74) is -0.223. The van der Waals surface area contributed by atoms with Crippen molar-refractivity contribution in [1.82, 2.24) is 0 Å². The molecule has 0 aromatic rings. The van der Waals surface area contributed by atoms with Gasteiger partial charge >= 0.3 is 0 Å². The van der Waals surface area contributed by atoms with Gasteiger partial charge in [-0.1, -0.05) is 13.8 Å². The van der Waals surface area contributed by atoms with E-state index in [1.54, 1.807) is 0 Å². The highest BCUT2D eigenvalue weighted by molar-refractivity contribution is 5.87. The van der Waals surface area contributed by atoms with Gasteiger partial charge in [-0.25, -0.2) is 0 Å². The first kappa shape index (κ1) is 13.7. The number of rotatable bonds is 4. The molecular formula is C15H24O3. The van der Waals surface area contributed by atoms with Crippen molar-refractivity contribution in [2.45, 2.75) is 64.9 Å². The summed E-state index contributed by atoms with van der Waals surface area (Å²) >= 11 is 0. The molecule has 0 aromatic carbocycles. The molecule has 2 rings (SSSR count). The van der Waals surface area contributed by atoms with Gasteiger partial charge in [0.2, 0.25) is 0 Å². The number of aliphatic hydroxyl groups excluding tert-OH is 1. The van der Waals surface area contributed by atoms with Gasteiger partial charge in [0, 0.05) is 24.7 Å². The van der Waals surface area contributed by atoms with Crippen LogP contribution in [-0.4, -0.2) is 22.8 Å². The fraction of sp³-hybridized carbons (Fsp3) is 0.867. The molecule has 0 amide bonds. The minimum Gasteiger partial charge on any atom is -0.393 e. The monoisotopic (exact) mass is 252 g/mol. The van der Waals surface area contributed by atoms with Gasteiger partial charge in [0.1, 0.15) is 11.6 Å². The minimum atomic E-state index is -0.321. The number of carbonyl (C=O) groups is 2. The largest absolute Gasteiger partial charge is 0.393 e. The van der Waals surface area contributed by atoms with Crippen LogP contribution in [0.25, 0.3) is 0 Å². The van der Waals surface area contributed by atoms with Crippen molar-refractivity contribution in [2.24, 2.45) is 17.3 Å². The molecule has 0 heterocycles. The number of ketones is 2. The maximum absolute atomic E-state index is 12.0. The summed E-state index contributed by atoms with van der Waals surface area (Å²) in [6, 6.07) is 0. The highest BCUT2D eigenvalue weighted by Crippen LogP contribution is 2.53. The maximum atomic E-state index is 12.0. The van der Waals surface area contributed by atoms with E-state index in [1.807, 2.05) is 6.92 Å². The van der Waals surface area contributed by atoms with Gasteiger partial charge in [-0.15, -0.1) is 0 Å². The number of hydrogen-bond acceptors (Lipinski definition) is 3. The summed E-state index contributed by atoms with van der Waals surface area (Å²) in [6.45, 7) is 3.94. The third-order valence-electron chi connectivity index (χ3n) is 5.26. The van der Waals surface area contributed by atoms with Gasteiger partial charge in [0.25, 0.3) is 0 Å². The smallest absolute Gasteiger partial charge is 0.139 e. The summed E-state index contributed by atoms with van der Waals surface area (Å²) in [7, 11) is 0. The molecule has 4 atom stereocenters. The lowest BCUT2D eigenvalue weighted by molar-refractivity contribution is -0.131. The van der Waals surface area contributed by atoms with Crippen LogP contribution in [0, 0.1) is 17.3 Å². The Morgan fingerprint density at radius 2 is 2.17 bits per heavy atom. The Kier molecular flexibility index (Phi) is 3.90. The molecule has 3 nitrogen and oxygen atoms in total. The summed E-state index contributed by atoms with van der Waals surface area (Å²) in [5, 5.41) is 10.2. The van der Waals surface area contributed by atoms with Gasteiger partial charge < -0.3 is 5.11 Å². The van der Waals surface area contributed by atoms with Crippen molar-refractivity contribution in [2.75, 3.05) is 0 Å². The zero-order valence-electron chi connectivity index (χ0n) is 11.4. The van der Waals surface area contributed by atoms with E-state index in [0.717, 1.165) is 19.3 Å². The molecule has 1 N–H and O–H groups in total. The van der Waals surface area contributed by atoms with Gasteiger partial charge in [-0.3, -0.25) is 9.59 Å². The lowest BCUT2D eigenvalue weighted by atomic mass is 9.62. The molecular weight excluding hydrogens is 228 g/mol. The zero-order valence-corrected chi connectivity index (χ0v) is 11.4. The van der Waals surface area contributed by atoms with E-state index in [2.05, 4.69) is 6.92 Å². The lowest BCUT2D eigenvalue weighted by Gasteiger charge is -2.43. The Bertz CT molecular complexity index is 350. The van der Waals surface area contributed by atoms with Gasteiger partial charge in [-0.2, -0.15) is 0 Å². The van der Waals surface area contributed by atoms with Crippen molar-refractivity contribution in [3.05, 3.63) is 0 Å². The van der Waals surface area contributed by atoms with Crippen molar-refractivity contribution in [3.63, 3.8) is 0 Å². The van der Waals surface area contributed by atoms with E-state index in [4.69, 9.17) is 0 Å². The number of carbonyl (C=O) groups excluding carboxylic acids is 2. The van der Waals surface area contributed by atoms with E-state index in [0.29, 0.717) is 37.4 Å². The molecule has 2 saturated carbocycles. The second-order valence-electron chi connectivity index (χ2n) is 6.19. The van der Waals surface area contributed by atoms with Crippen LogP contribution in [0.5, 0.6) is 0 Å². The standard InChI is InChI=1S/C15H24O3/c1-3-10(16)4-5-11-12-6-7-14(18)15(12,2)9-8-13(11)17/h11-13,17H,3-9H2,1-2H3/t11-,12?,13?,15?/m0/s1. The summed E-state index contributed by atoms with van der Waals surface area (Å²) < 4.78 is 0. The zero-order chi connectivity index (χ0) is 13.3. The second-order valence-corrected chi connectivity index (χ2v) is 6.19. The van der Waals surface area contributed by atoms with E-state index >= 15 is 0 Å². The molecule has 0 spiro atoms. The fourth-order valence-corrected chi connectivity index (χ4v) is 3.94. The molecule has 3 heteroatoms. The van der Waals surface area contributed by atoms with E-state index in [9.17, 15) is 14.7 Å². The summed E-state index contributed by atoms with van der Waals surface area (Å²) in [6.07, 6.45) is 4.64. The Hall–Kier alpha value is -0.700. The molecule has 0 bridgehead atoms. The predicted molar refractivity (Wildman–Crippen MR) is 69.1 cm³/mol. The quantitative estimate of drug-likeness (QED) is 0.836. The van der Waals surface area contributed by atoms with Gasteiger partial charge in [0.15, 0.2) is 0 Å². The first-order valence-corrected chi connectivity index (χ1v) is 7.22. The summed E-state index contributed by atoms with van der Waals surface area (Å²) in [5.74, 6) is 1.06.